The van der Waals surface area contributed by atoms with Crippen LogP contribution in [0.25, 0.3) is 0 Å². The predicted octanol–water partition coefficient (Wildman–Crippen LogP) is 2.26. The van der Waals surface area contributed by atoms with Crippen LogP contribution in [0.2, 0.25) is 0 Å². The number of amides is 1. The summed E-state index contributed by atoms with van der Waals surface area (Å²) in [7, 11) is 0. The summed E-state index contributed by atoms with van der Waals surface area (Å²) >= 11 is 0. The van der Waals surface area contributed by atoms with Gasteiger partial charge in [0.1, 0.15) is 5.75 Å². The van der Waals surface area contributed by atoms with Crippen LogP contribution in [0.4, 0.5) is 0 Å². The van der Waals surface area contributed by atoms with Crippen LogP contribution in [0.1, 0.15) is 39.2 Å². The van der Waals surface area contributed by atoms with Crippen molar-refractivity contribution in [2.45, 2.75) is 52.2 Å². The number of nitrogens with two attached hydrogens (primary N) is 1. The Hall–Kier alpha value is -1.55. The van der Waals surface area contributed by atoms with Crippen molar-refractivity contribution < 1.29 is 9.53 Å². The molecular weight excluding hydrogens is 252 g/mol. The second-order valence-electron chi connectivity index (χ2n) is 4.97. The average Bonchev–Trinajstić information content (AvgIpc) is 2.45. The molecule has 0 aromatic heterocycles. The van der Waals surface area contributed by atoms with Crippen molar-refractivity contribution in [3.8, 4) is 5.75 Å². The molecule has 0 radical (unpaired) electrons. The molecule has 112 valence electrons. The number of hydrogen-bond donors (Lipinski definition) is 2. The molecule has 1 rings (SSSR count). The summed E-state index contributed by atoms with van der Waals surface area (Å²) in [6, 6.07) is 7.95. The van der Waals surface area contributed by atoms with E-state index in [9.17, 15) is 4.79 Å². The third kappa shape index (κ3) is 5.21. The van der Waals surface area contributed by atoms with Crippen LogP contribution in [0.15, 0.2) is 24.3 Å². The van der Waals surface area contributed by atoms with Gasteiger partial charge >= 0.3 is 0 Å². The molecule has 0 saturated heterocycles. The summed E-state index contributed by atoms with van der Waals surface area (Å²) < 4.78 is 5.70. The summed E-state index contributed by atoms with van der Waals surface area (Å²) in [5, 5.41) is 2.99. The highest BCUT2D eigenvalue weighted by Crippen LogP contribution is 2.15. The van der Waals surface area contributed by atoms with Crippen molar-refractivity contribution in [2.75, 3.05) is 6.54 Å². The van der Waals surface area contributed by atoms with E-state index in [1.165, 1.54) is 0 Å². The van der Waals surface area contributed by atoms with Gasteiger partial charge in [0, 0.05) is 6.04 Å². The number of carbonyl (C=O) groups is 1. The van der Waals surface area contributed by atoms with E-state index in [1.54, 1.807) is 6.92 Å². The fraction of sp³-hybridized carbons (Fsp3) is 0.562. The van der Waals surface area contributed by atoms with Gasteiger partial charge < -0.3 is 15.8 Å². The monoisotopic (exact) mass is 278 g/mol. The van der Waals surface area contributed by atoms with E-state index in [0.717, 1.165) is 24.8 Å². The molecule has 1 amide bonds. The quantitative estimate of drug-likeness (QED) is 0.766. The lowest BCUT2D eigenvalue weighted by Gasteiger charge is -2.19. The Balaban J connectivity index is 2.58. The van der Waals surface area contributed by atoms with Crippen molar-refractivity contribution in [3.05, 3.63) is 29.8 Å². The van der Waals surface area contributed by atoms with Crippen molar-refractivity contribution >= 4 is 5.91 Å². The largest absolute Gasteiger partial charge is 0.481 e. The SMILES string of the molecule is CCC(CC)NC(=O)C(C)Oc1cccc(CCN)c1. The molecule has 0 aliphatic carbocycles. The first-order chi connectivity index (χ1) is 9.60. The molecule has 0 spiro atoms. The minimum Gasteiger partial charge on any atom is -0.481 e. The zero-order valence-corrected chi connectivity index (χ0v) is 12.7. The van der Waals surface area contributed by atoms with Crippen LogP contribution >= 0.6 is 0 Å². The summed E-state index contributed by atoms with van der Waals surface area (Å²) in [6.07, 6.45) is 2.18. The number of nitrogens with one attached hydrogen (secondary N) is 1. The Morgan fingerprint density at radius 1 is 1.35 bits per heavy atom. The number of ether oxygens (including phenoxy) is 1. The highest BCUT2D eigenvalue weighted by molar-refractivity contribution is 5.81. The third-order valence-corrected chi connectivity index (χ3v) is 3.35. The van der Waals surface area contributed by atoms with E-state index in [2.05, 4.69) is 19.2 Å². The van der Waals surface area contributed by atoms with E-state index in [-0.39, 0.29) is 11.9 Å². The Morgan fingerprint density at radius 3 is 2.65 bits per heavy atom. The number of hydrogen-bond acceptors (Lipinski definition) is 3. The second-order valence-corrected chi connectivity index (χ2v) is 4.97. The van der Waals surface area contributed by atoms with Gasteiger partial charge in [0.05, 0.1) is 0 Å². The first kappa shape index (κ1) is 16.5. The Morgan fingerprint density at radius 2 is 2.05 bits per heavy atom. The molecule has 3 N–H and O–H groups in total. The smallest absolute Gasteiger partial charge is 0.260 e. The fourth-order valence-corrected chi connectivity index (χ4v) is 2.01. The maximum atomic E-state index is 12.0. The molecule has 0 aliphatic heterocycles. The van der Waals surface area contributed by atoms with Gasteiger partial charge in [0.15, 0.2) is 6.10 Å². The molecule has 4 nitrogen and oxygen atoms in total. The van der Waals surface area contributed by atoms with Gasteiger partial charge in [-0.3, -0.25) is 4.79 Å². The molecule has 1 unspecified atom stereocenters. The number of rotatable bonds is 8. The zero-order chi connectivity index (χ0) is 15.0. The summed E-state index contributed by atoms with van der Waals surface area (Å²) in [5.74, 6) is 0.645. The van der Waals surface area contributed by atoms with E-state index in [0.29, 0.717) is 12.3 Å². The fourth-order valence-electron chi connectivity index (χ4n) is 2.01. The Bertz CT molecular complexity index is 417. The van der Waals surface area contributed by atoms with Crippen LogP contribution < -0.4 is 15.8 Å². The lowest BCUT2D eigenvalue weighted by molar-refractivity contribution is -0.128. The van der Waals surface area contributed by atoms with Crippen molar-refractivity contribution in [1.82, 2.24) is 5.32 Å². The molecule has 1 atom stereocenters. The topological polar surface area (TPSA) is 64.3 Å². The Labute approximate surface area is 121 Å². The van der Waals surface area contributed by atoms with E-state index in [4.69, 9.17) is 10.5 Å². The highest BCUT2D eigenvalue weighted by Gasteiger charge is 2.17. The molecule has 1 aromatic carbocycles. The normalized spacial score (nSPS) is 12.2. The van der Waals surface area contributed by atoms with E-state index < -0.39 is 6.10 Å². The lowest BCUT2D eigenvalue weighted by Crippen LogP contribution is -2.42. The van der Waals surface area contributed by atoms with Crippen molar-refractivity contribution in [2.24, 2.45) is 5.73 Å². The van der Waals surface area contributed by atoms with E-state index in [1.807, 2.05) is 24.3 Å². The zero-order valence-electron chi connectivity index (χ0n) is 12.7. The van der Waals surface area contributed by atoms with Crippen molar-refractivity contribution in [3.63, 3.8) is 0 Å². The van der Waals surface area contributed by atoms with Gasteiger partial charge in [0.25, 0.3) is 5.91 Å². The molecule has 0 heterocycles. The van der Waals surface area contributed by atoms with Crippen LogP contribution in [0.3, 0.4) is 0 Å². The minimum absolute atomic E-state index is 0.0667. The molecular formula is C16H26N2O2. The second kappa shape index (κ2) is 8.59. The van der Waals surface area contributed by atoms with Crippen LogP contribution in [0, 0.1) is 0 Å². The third-order valence-electron chi connectivity index (χ3n) is 3.35. The standard InChI is InChI=1S/C16H26N2O2/c1-4-14(5-2)18-16(19)12(3)20-15-8-6-7-13(11-15)9-10-17/h6-8,11-12,14H,4-5,9-10,17H2,1-3H3,(H,18,19). The summed E-state index contributed by atoms with van der Waals surface area (Å²) in [6.45, 7) is 6.51. The van der Waals surface area contributed by atoms with Crippen molar-refractivity contribution in [1.29, 1.82) is 0 Å². The Kier molecular flexibility index (Phi) is 7.09. The maximum absolute atomic E-state index is 12.0. The number of benzene rings is 1. The molecule has 20 heavy (non-hydrogen) atoms. The minimum atomic E-state index is -0.497. The molecule has 0 saturated carbocycles. The molecule has 0 aliphatic rings. The van der Waals surface area contributed by atoms with Gasteiger partial charge in [-0.2, -0.15) is 0 Å². The first-order valence-corrected chi connectivity index (χ1v) is 7.36. The van der Waals surface area contributed by atoms with Crippen LogP contribution in [0.5, 0.6) is 5.75 Å². The van der Waals surface area contributed by atoms with Gasteiger partial charge in [-0.1, -0.05) is 26.0 Å². The predicted molar refractivity (Wildman–Crippen MR) is 81.8 cm³/mol. The van der Waals surface area contributed by atoms with Gasteiger partial charge in [-0.25, -0.2) is 0 Å². The molecule has 0 bridgehead atoms. The summed E-state index contributed by atoms with van der Waals surface area (Å²) in [4.78, 5) is 12.0. The molecule has 1 aromatic rings. The summed E-state index contributed by atoms with van der Waals surface area (Å²) in [5.41, 5.74) is 6.66. The van der Waals surface area contributed by atoms with E-state index >= 15 is 0 Å². The lowest BCUT2D eigenvalue weighted by atomic mass is 10.1. The molecule has 0 fully saturated rings. The van der Waals surface area contributed by atoms with Gasteiger partial charge in [-0.15, -0.1) is 0 Å². The van der Waals surface area contributed by atoms with Crippen LogP contribution in [-0.2, 0) is 11.2 Å². The average molecular weight is 278 g/mol. The maximum Gasteiger partial charge on any atom is 0.260 e. The van der Waals surface area contributed by atoms with Gasteiger partial charge in [0.2, 0.25) is 0 Å². The van der Waals surface area contributed by atoms with Crippen LogP contribution in [-0.4, -0.2) is 24.6 Å². The first-order valence-electron chi connectivity index (χ1n) is 7.36. The highest BCUT2D eigenvalue weighted by atomic mass is 16.5. The molecule has 4 heteroatoms. The van der Waals surface area contributed by atoms with Gasteiger partial charge in [-0.05, 0) is 50.4 Å². The number of carbonyl (C=O) groups excluding carboxylic acids is 1.